The smallest absolute Gasteiger partial charge is 0.338 e. The minimum absolute atomic E-state index is 0.579. The second-order valence-corrected chi connectivity index (χ2v) is 1.07. The maximum absolute atomic E-state index is 9.92. The fraction of sp³-hybridized carbons (Fsp3) is 0. The molecule has 0 atom stereocenters. The van der Waals surface area contributed by atoms with Crippen LogP contribution in [0.4, 0.5) is 0 Å². The van der Waals surface area contributed by atoms with Crippen LogP contribution in [0.5, 0.6) is 0 Å². The second-order valence-electron chi connectivity index (χ2n) is 1.07. The maximum atomic E-state index is 9.92. The Bertz CT molecular complexity index is 129. The van der Waals surface area contributed by atoms with Crippen LogP contribution in [0.15, 0.2) is 12.2 Å². The van der Waals surface area contributed by atoms with Gasteiger partial charge in [-0.1, -0.05) is 0 Å². The molecule has 0 spiro atoms. The lowest BCUT2D eigenvalue weighted by molar-refractivity contribution is -0.150. The van der Waals surface area contributed by atoms with Crippen LogP contribution < -0.4 is 0 Å². The molecular weight excluding hydrogens is 98.0 g/mol. The highest BCUT2D eigenvalue weighted by Crippen LogP contribution is 1.92. The van der Waals surface area contributed by atoms with E-state index in [9.17, 15) is 9.59 Å². The summed E-state index contributed by atoms with van der Waals surface area (Å²) in [5.74, 6) is -1.16. The Morgan fingerprint density at radius 3 is 2.57 bits per heavy atom. The van der Waals surface area contributed by atoms with Crippen molar-refractivity contribution < 1.29 is 14.3 Å². The molecule has 7 heavy (non-hydrogen) atoms. The van der Waals surface area contributed by atoms with E-state index in [1.807, 2.05) is 0 Å². The van der Waals surface area contributed by atoms with Gasteiger partial charge in [-0.2, -0.15) is 0 Å². The fourth-order valence-corrected chi connectivity index (χ4v) is 0.303. The molecule has 0 aromatic rings. The molecule has 3 nitrogen and oxygen atoms in total. The summed E-state index contributed by atoms with van der Waals surface area (Å²) in [6.07, 6.45) is 2.17. The largest absolute Gasteiger partial charge is 0.387 e. The molecule has 0 unspecified atom stereocenters. The number of carbonyl (C=O) groups excluding carboxylic acids is 2. The van der Waals surface area contributed by atoms with Crippen LogP contribution in [0.1, 0.15) is 0 Å². The van der Waals surface area contributed by atoms with Gasteiger partial charge in [-0.05, 0) is 0 Å². The van der Waals surface area contributed by atoms with E-state index in [1.54, 1.807) is 0 Å². The molecular formula is C4H2O3. The summed E-state index contributed by atoms with van der Waals surface area (Å²) >= 11 is 0. The third kappa shape index (κ3) is 0.652. The number of rotatable bonds is 0. The summed E-state index contributed by atoms with van der Waals surface area (Å²) in [7, 11) is 0. The molecule has 0 N–H and O–H groups in total. The summed E-state index contributed by atoms with van der Waals surface area (Å²) in [6.45, 7) is 0. The van der Waals surface area contributed by atoms with Crippen molar-refractivity contribution in [2.45, 2.75) is 0 Å². The van der Waals surface area contributed by atoms with E-state index in [0.29, 0.717) is 0 Å². The first-order chi connectivity index (χ1) is 3.29. The first-order valence-corrected chi connectivity index (χ1v) is 1.73. The molecule has 0 aromatic carbocycles. The van der Waals surface area contributed by atoms with Crippen LogP contribution in [0, 0.1) is 0 Å². The van der Waals surface area contributed by atoms with Crippen LogP contribution >= 0.6 is 0 Å². The number of carbonyl (C=O) groups is 2. The molecule has 1 rings (SSSR count). The quantitative estimate of drug-likeness (QED) is 0.308. The van der Waals surface area contributed by atoms with Crippen molar-refractivity contribution in [2.75, 3.05) is 0 Å². The molecule has 0 amide bonds. The van der Waals surface area contributed by atoms with E-state index < -0.39 is 11.9 Å². The number of esters is 2. The van der Waals surface area contributed by atoms with Crippen molar-refractivity contribution in [3.63, 3.8) is 0 Å². The highest BCUT2D eigenvalue weighted by atomic mass is 16.8. The van der Waals surface area contributed by atoms with Gasteiger partial charge in [-0.3, -0.25) is 0 Å². The minimum Gasteiger partial charge on any atom is -0.387 e. The first kappa shape index (κ1) is 4.05. The van der Waals surface area contributed by atoms with Crippen molar-refractivity contribution in [3.8, 4) is 0 Å². The predicted octanol–water partition coefficient (Wildman–Crippen LogP) is -0.374. The van der Waals surface area contributed by atoms with Crippen molar-refractivity contribution in [2.24, 2.45) is 0 Å². The summed E-state index contributed by atoms with van der Waals surface area (Å²) < 4.78 is 3.97. The molecule has 0 aliphatic carbocycles. The Morgan fingerprint density at radius 2 is 2.43 bits per heavy atom. The lowest BCUT2D eigenvalue weighted by atomic mass is 10.7. The van der Waals surface area contributed by atoms with Gasteiger partial charge in [0.1, 0.15) is 0 Å². The summed E-state index contributed by atoms with van der Waals surface area (Å²) in [5, 5.41) is 0. The molecule has 0 aromatic heterocycles. The zero-order valence-electron chi connectivity index (χ0n) is 3.38. The molecule has 0 bridgehead atoms. The Kier molecular flexibility index (Phi) is 0.685. The van der Waals surface area contributed by atoms with E-state index >= 15 is 0 Å². The normalized spacial score (nSPS) is 17.7. The molecule has 1 heterocycles. The van der Waals surface area contributed by atoms with Gasteiger partial charge in [0.25, 0.3) is 0 Å². The predicted molar refractivity (Wildman–Crippen MR) is 20.2 cm³/mol. The SMILES string of the molecule is O=C1C=C[14C](=O)O1. The van der Waals surface area contributed by atoms with Crippen molar-refractivity contribution >= 4 is 11.9 Å². The zero-order valence-corrected chi connectivity index (χ0v) is 3.38. The standard InChI is InChI=1S/C4H2O3/c5-3-1-2-4(6)7-3/h1-2H/i3+2. The Balaban J connectivity index is 2.76. The van der Waals surface area contributed by atoms with Gasteiger partial charge in [-0.15, -0.1) is 0 Å². The summed E-state index contributed by atoms with van der Waals surface area (Å²) in [4.78, 5) is 19.8. The molecule has 3 heteroatoms. The maximum Gasteiger partial charge on any atom is 0.338 e. The zero-order chi connectivity index (χ0) is 5.28. The van der Waals surface area contributed by atoms with Crippen LogP contribution in [-0.2, 0) is 14.3 Å². The topological polar surface area (TPSA) is 43.4 Å². The van der Waals surface area contributed by atoms with Crippen LogP contribution in [0.2, 0.25) is 0 Å². The highest BCUT2D eigenvalue weighted by molar-refractivity contribution is 6.04. The number of hydrogen-bond acceptors (Lipinski definition) is 3. The average Bonchev–Trinajstić information content (AvgIpc) is 1.87. The van der Waals surface area contributed by atoms with Crippen LogP contribution in [0.25, 0.3) is 0 Å². The fourth-order valence-electron chi connectivity index (χ4n) is 0.303. The Morgan fingerprint density at radius 1 is 1.71 bits per heavy atom. The van der Waals surface area contributed by atoms with Gasteiger partial charge in [0.15, 0.2) is 0 Å². The third-order valence-electron chi connectivity index (χ3n) is 0.557. The van der Waals surface area contributed by atoms with Gasteiger partial charge >= 0.3 is 11.9 Å². The summed E-state index contributed by atoms with van der Waals surface area (Å²) in [6, 6.07) is 0. The lowest BCUT2D eigenvalue weighted by Gasteiger charge is -1.80. The average molecular weight is 100 g/mol. The van der Waals surface area contributed by atoms with Gasteiger partial charge in [0, 0.05) is 12.2 Å². The van der Waals surface area contributed by atoms with E-state index in [2.05, 4.69) is 4.74 Å². The minimum atomic E-state index is -0.579. The van der Waals surface area contributed by atoms with Gasteiger partial charge in [-0.25, -0.2) is 9.59 Å². The first-order valence-electron chi connectivity index (χ1n) is 1.73. The van der Waals surface area contributed by atoms with Crippen molar-refractivity contribution in [1.82, 2.24) is 0 Å². The number of ether oxygens (including phenoxy) is 1. The molecule has 1 aliphatic heterocycles. The van der Waals surface area contributed by atoms with E-state index in [4.69, 9.17) is 0 Å². The van der Waals surface area contributed by atoms with Crippen molar-refractivity contribution in [3.05, 3.63) is 12.2 Å². The van der Waals surface area contributed by atoms with Gasteiger partial charge in [0.05, 0.1) is 0 Å². The molecule has 36 valence electrons. The molecule has 0 saturated heterocycles. The van der Waals surface area contributed by atoms with Crippen LogP contribution in [-0.4, -0.2) is 11.9 Å². The lowest BCUT2D eigenvalue weighted by Crippen LogP contribution is -1.96. The molecule has 0 saturated carbocycles. The second kappa shape index (κ2) is 1.18. The van der Waals surface area contributed by atoms with E-state index in [-0.39, 0.29) is 0 Å². The van der Waals surface area contributed by atoms with Gasteiger partial charge < -0.3 is 4.74 Å². The third-order valence-corrected chi connectivity index (χ3v) is 0.557. The molecule has 0 fully saturated rings. The molecule has 1 aliphatic rings. The molecule has 0 radical (unpaired) electrons. The summed E-state index contributed by atoms with van der Waals surface area (Å²) in [5.41, 5.74) is 0. The van der Waals surface area contributed by atoms with Crippen LogP contribution in [0.3, 0.4) is 0 Å². The van der Waals surface area contributed by atoms with E-state index in [0.717, 1.165) is 12.2 Å². The Labute approximate surface area is 39.6 Å². The highest BCUT2D eigenvalue weighted by Gasteiger charge is 2.10. The number of cyclic esters (lactones) is 2. The van der Waals surface area contributed by atoms with Crippen molar-refractivity contribution in [1.29, 1.82) is 0 Å². The number of hydrogen-bond donors (Lipinski definition) is 0. The monoisotopic (exact) mass is 100 g/mol. The van der Waals surface area contributed by atoms with Gasteiger partial charge in [0.2, 0.25) is 0 Å². The van der Waals surface area contributed by atoms with E-state index in [1.165, 1.54) is 0 Å². The Hall–Kier alpha value is -1.12.